The van der Waals surface area contributed by atoms with Crippen molar-refractivity contribution in [3.8, 4) is 0 Å². The van der Waals surface area contributed by atoms with Crippen molar-refractivity contribution in [1.29, 1.82) is 0 Å². The molecule has 0 unspecified atom stereocenters. The molecule has 0 aromatic carbocycles. The summed E-state index contributed by atoms with van der Waals surface area (Å²) in [6.07, 6.45) is 6.51. The second-order valence-corrected chi connectivity index (χ2v) is 9.27. The lowest BCUT2D eigenvalue weighted by atomic mass is 9.96. The lowest BCUT2D eigenvalue weighted by molar-refractivity contribution is -0.121. The predicted molar refractivity (Wildman–Crippen MR) is 109 cm³/mol. The first kappa shape index (κ1) is 18.7. The highest BCUT2D eigenvalue weighted by atomic mass is 32.1. The number of nitrogens with one attached hydrogen (secondary N) is 2. The molecule has 5 nitrogen and oxygen atoms in total. The van der Waals surface area contributed by atoms with Gasteiger partial charge >= 0.3 is 6.03 Å². The lowest BCUT2D eigenvalue weighted by Gasteiger charge is -2.34. The van der Waals surface area contributed by atoms with Crippen LogP contribution in [0.5, 0.6) is 0 Å². The summed E-state index contributed by atoms with van der Waals surface area (Å²) in [6.45, 7) is 1.06. The number of urea groups is 1. The van der Waals surface area contributed by atoms with E-state index in [4.69, 9.17) is 0 Å². The summed E-state index contributed by atoms with van der Waals surface area (Å²) in [5.74, 6) is -0.233. The molecule has 2 N–H and O–H groups in total. The van der Waals surface area contributed by atoms with Crippen LogP contribution in [0, 0.1) is 0 Å². The van der Waals surface area contributed by atoms with Gasteiger partial charge in [0.2, 0.25) is 5.91 Å². The summed E-state index contributed by atoms with van der Waals surface area (Å²) in [5, 5.41) is 9.69. The fraction of sp³-hybridized carbons (Fsp3) is 0.500. The molecule has 1 saturated carbocycles. The first-order chi connectivity index (χ1) is 13.2. The Labute approximate surface area is 167 Å². The third kappa shape index (κ3) is 4.42. The molecule has 0 saturated heterocycles. The highest BCUT2D eigenvalue weighted by Gasteiger charge is 2.31. The fourth-order valence-electron chi connectivity index (χ4n) is 4.14. The van der Waals surface area contributed by atoms with E-state index >= 15 is 0 Å². The van der Waals surface area contributed by atoms with Gasteiger partial charge in [0.1, 0.15) is 0 Å². The van der Waals surface area contributed by atoms with Crippen molar-refractivity contribution >= 4 is 34.6 Å². The summed E-state index contributed by atoms with van der Waals surface area (Å²) in [5.41, 5.74) is 1.30. The zero-order valence-electron chi connectivity index (χ0n) is 15.3. The van der Waals surface area contributed by atoms with Gasteiger partial charge < -0.3 is 5.32 Å². The molecule has 2 aromatic rings. The van der Waals surface area contributed by atoms with Crippen LogP contribution >= 0.6 is 22.7 Å². The molecule has 144 valence electrons. The van der Waals surface area contributed by atoms with Gasteiger partial charge in [-0.05, 0) is 47.7 Å². The van der Waals surface area contributed by atoms with Gasteiger partial charge in [-0.25, -0.2) is 4.79 Å². The van der Waals surface area contributed by atoms with Crippen molar-refractivity contribution < 1.29 is 9.59 Å². The van der Waals surface area contributed by atoms with Gasteiger partial charge in [0.25, 0.3) is 0 Å². The number of imide groups is 1. The second-order valence-electron chi connectivity index (χ2n) is 7.29. The summed E-state index contributed by atoms with van der Waals surface area (Å²) in [6, 6.07) is 6.30. The molecular formula is C20H25N3O2S2. The Morgan fingerprint density at radius 1 is 1.11 bits per heavy atom. The maximum atomic E-state index is 12.5. The van der Waals surface area contributed by atoms with E-state index in [0.29, 0.717) is 0 Å². The highest BCUT2D eigenvalue weighted by molar-refractivity contribution is 7.10. The average molecular weight is 404 g/mol. The van der Waals surface area contributed by atoms with Gasteiger partial charge in [0.05, 0.1) is 12.6 Å². The van der Waals surface area contributed by atoms with Crippen molar-refractivity contribution in [2.45, 2.75) is 50.6 Å². The monoisotopic (exact) mass is 403 g/mol. The van der Waals surface area contributed by atoms with Crippen LogP contribution in [0.3, 0.4) is 0 Å². The van der Waals surface area contributed by atoms with Crippen molar-refractivity contribution in [2.75, 3.05) is 13.1 Å². The standard InChI is InChI=1S/C20H25N3O2S2/c24-18(22-20(25)21-14-5-2-1-3-6-14)13-23-10-8-16-15(9-12-27-16)19(23)17-7-4-11-26-17/h4,7,9,11-12,14,19H,1-3,5-6,8,10,13H2,(H2,21,22,24,25)/t19-/m0/s1. The van der Waals surface area contributed by atoms with Crippen molar-refractivity contribution in [1.82, 2.24) is 15.5 Å². The number of nitrogens with zero attached hydrogens (tertiary/aromatic N) is 1. The SMILES string of the molecule is O=C(CN1CCc2sccc2[C@H]1c1cccs1)NC(=O)NC1CCCCC1. The first-order valence-corrected chi connectivity index (χ1v) is 11.4. The van der Waals surface area contributed by atoms with E-state index in [0.717, 1.165) is 38.6 Å². The van der Waals surface area contributed by atoms with Crippen LogP contribution in [0.25, 0.3) is 0 Å². The number of carbonyl (C=O) groups excluding carboxylic acids is 2. The van der Waals surface area contributed by atoms with Crippen LogP contribution in [-0.2, 0) is 11.2 Å². The van der Waals surface area contributed by atoms with Gasteiger partial charge in [-0.2, -0.15) is 0 Å². The average Bonchev–Trinajstić information content (AvgIpc) is 3.34. The zero-order valence-corrected chi connectivity index (χ0v) is 16.9. The molecule has 0 spiro atoms. The number of hydrogen-bond donors (Lipinski definition) is 2. The van der Waals surface area contributed by atoms with Gasteiger partial charge in [-0.3, -0.25) is 15.0 Å². The summed E-state index contributed by atoms with van der Waals surface area (Å²) >= 11 is 3.51. The maximum Gasteiger partial charge on any atom is 0.321 e. The number of fused-ring (bicyclic) bond motifs is 1. The van der Waals surface area contributed by atoms with E-state index in [9.17, 15) is 9.59 Å². The molecule has 2 aromatic heterocycles. The van der Waals surface area contributed by atoms with E-state index in [1.165, 1.54) is 21.7 Å². The number of thiophene rings is 2. The van der Waals surface area contributed by atoms with Crippen LogP contribution in [-0.4, -0.2) is 36.0 Å². The molecule has 1 aliphatic carbocycles. The van der Waals surface area contributed by atoms with Crippen LogP contribution in [0.15, 0.2) is 29.0 Å². The number of carbonyl (C=O) groups is 2. The smallest absolute Gasteiger partial charge is 0.321 e. The third-order valence-electron chi connectivity index (χ3n) is 5.42. The normalized spacial score (nSPS) is 20.8. The minimum atomic E-state index is -0.354. The minimum Gasteiger partial charge on any atom is -0.335 e. The Hall–Kier alpha value is -1.70. The van der Waals surface area contributed by atoms with Crippen molar-refractivity contribution in [2.24, 2.45) is 0 Å². The van der Waals surface area contributed by atoms with E-state index in [1.807, 2.05) is 0 Å². The molecule has 0 radical (unpaired) electrons. The number of amides is 3. The molecule has 4 rings (SSSR count). The van der Waals surface area contributed by atoms with Gasteiger partial charge in [0, 0.05) is 22.3 Å². The molecule has 3 amide bonds. The Balaban J connectivity index is 1.39. The Bertz CT molecular complexity index is 781. The van der Waals surface area contributed by atoms with Crippen LogP contribution < -0.4 is 10.6 Å². The number of hydrogen-bond acceptors (Lipinski definition) is 5. The summed E-state index contributed by atoms with van der Waals surface area (Å²) in [4.78, 5) is 29.5. The molecule has 27 heavy (non-hydrogen) atoms. The van der Waals surface area contributed by atoms with E-state index in [-0.39, 0.29) is 30.6 Å². The molecule has 7 heteroatoms. The largest absolute Gasteiger partial charge is 0.335 e. The summed E-state index contributed by atoms with van der Waals surface area (Å²) in [7, 11) is 0. The molecular weight excluding hydrogens is 378 g/mol. The lowest BCUT2D eigenvalue weighted by Crippen LogP contribution is -2.49. The first-order valence-electron chi connectivity index (χ1n) is 9.65. The Morgan fingerprint density at radius 3 is 2.74 bits per heavy atom. The minimum absolute atomic E-state index is 0.104. The van der Waals surface area contributed by atoms with Crippen LogP contribution in [0.2, 0.25) is 0 Å². The predicted octanol–water partition coefficient (Wildman–Crippen LogP) is 3.92. The van der Waals surface area contributed by atoms with E-state index in [2.05, 4.69) is 44.5 Å². The zero-order chi connectivity index (χ0) is 18.6. The molecule has 0 bridgehead atoms. The Kier molecular flexibility index (Phi) is 5.90. The third-order valence-corrected chi connectivity index (χ3v) is 7.34. The fourth-order valence-corrected chi connectivity index (χ4v) is 5.92. The van der Waals surface area contributed by atoms with Crippen LogP contribution in [0.4, 0.5) is 4.79 Å². The molecule has 1 aliphatic heterocycles. The van der Waals surface area contributed by atoms with Gasteiger partial charge in [-0.15, -0.1) is 22.7 Å². The van der Waals surface area contributed by atoms with E-state index in [1.54, 1.807) is 22.7 Å². The quantitative estimate of drug-likeness (QED) is 0.813. The number of rotatable bonds is 4. The molecule has 2 aliphatic rings. The maximum absolute atomic E-state index is 12.5. The summed E-state index contributed by atoms with van der Waals surface area (Å²) < 4.78 is 0. The Morgan fingerprint density at radius 2 is 1.96 bits per heavy atom. The van der Waals surface area contributed by atoms with Crippen molar-refractivity contribution in [3.63, 3.8) is 0 Å². The van der Waals surface area contributed by atoms with E-state index < -0.39 is 0 Å². The van der Waals surface area contributed by atoms with Crippen molar-refractivity contribution in [3.05, 3.63) is 44.3 Å². The molecule has 1 atom stereocenters. The topological polar surface area (TPSA) is 61.4 Å². The van der Waals surface area contributed by atoms with Gasteiger partial charge in [-0.1, -0.05) is 25.3 Å². The second kappa shape index (κ2) is 8.54. The highest BCUT2D eigenvalue weighted by Crippen LogP contribution is 2.39. The molecule has 3 heterocycles. The van der Waals surface area contributed by atoms with Crippen LogP contribution in [0.1, 0.15) is 53.5 Å². The molecule has 1 fully saturated rings. The van der Waals surface area contributed by atoms with Gasteiger partial charge in [0.15, 0.2) is 0 Å².